The summed E-state index contributed by atoms with van der Waals surface area (Å²) in [4.78, 5) is 22.9. The van der Waals surface area contributed by atoms with Gasteiger partial charge in [-0.15, -0.1) is 0 Å². The van der Waals surface area contributed by atoms with E-state index in [-0.39, 0.29) is 12.4 Å². The number of carboxylic acid groups (broad SMARTS) is 1. The number of quaternary nitrogens is 1. The molecule has 0 aliphatic carbocycles. The molecule has 0 aromatic carbocycles. The predicted molar refractivity (Wildman–Crippen MR) is 115 cm³/mol. The van der Waals surface area contributed by atoms with E-state index in [0.29, 0.717) is 17.4 Å². The molecule has 0 aromatic heterocycles. The Hall–Kier alpha value is -1.62. The average Bonchev–Trinajstić information content (AvgIpc) is 2.56. The van der Waals surface area contributed by atoms with E-state index < -0.39 is 12.1 Å². The fraction of sp³-hybridized carbons (Fsp3) is 0.739. The second-order valence-electron chi connectivity index (χ2n) is 8.46. The fourth-order valence-corrected chi connectivity index (χ4v) is 2.93. The number of esters is 1. The molecule has 0 fully saturated rings. The van der Waals surface area contributed by atoms with E-state index in [2.05, 4.69) is 31.2 Å². The first kappa shape index (κ1) is 26.4. The molecular weight excluding hydrogens is 354 g/mol. The highest BCUT2D eigenvalue weighted by Crippen LogP contribution is 2.11. The van der Waals surface area contributed by atoms with Crippen LogP contribution in [0.1, 0.15) is 77.6 Å². The monoisotopic (exact) mass is 396 g/mol. The molecule has 0 amide bonds. The lowest BCUT2D eigenvalue weighted by molar-refractivity contribution is -0.873. The van der Waals surface area contributed by atoms with Gasteiger partial charge in [-0.1, -0.05) is 56.9 Å². The van der Waals surface area contributed by atoms with Gasteiger partial charge >= 0.3 is 11.9 Å². The zero-order valence-electron chi connectivity index (χ0n) is 18.5. The van der Waals surface area contributed by atoms with Gasteiger partial charge in [-0.05, 0) is 32.1 Å². The van der Waals surface area contributed by atoms with E-state index in [1.807, 2.05) is 21.1 Å². The van der Waals surface area contributed by atoms with Gasteiger partial charge in [0.1, 0.15) is 6.54 Å². The van der Waals surface area contributed by atoms with Crippen LogP contribution in [0.5, 0.6) is 0 Å². The third-order valence-electron chi connectivity index (χ3n) is 4.26. The van der Waals surface area contributed by atoms with E-state index in [1.165, 1.54) is 19.3 Å². The van der Waals surface area contributed by atoms with Crippen LogP contribution < -0.4 is 0 Å². The molecule has 0 aromatic rings. The van der Waals surface area contributed by atoms with Crippen LogP contribution in [0.2, 0.25) is 0 Å². The molecular formula is C23H42NO4+. The highest BCUT2D eigenvalue weighted by molar-refractivity contribution is 5.71. The first-order valence-corrected chi connectivity index (χ1v) is 10.8. The molecule has 0 aliphatic heterocycles. The highest BCUT2D eigenvalue weighted by Gasteiger charge is 2.24. The normalized spacial score (nSPS) is 13.3. The summed E-state index contributed by atoms with van der Waals surface area (Å²) in [5.74, 6) is -1.21. The van der Waals surface area contributed by atoms with E-state index >= 15 is 0 Å². The van der Waals surface area contributed by atoms with E-state index in [9.17, 15) is 9.59 Å². The van der Waals surface area contributed by atoms with Gasteiger partial charge < -0.3 is 14.3 Å². The molecule has 0 saturated heterocycles. The van der Waals surface area contributed by atoms with Crippen LogP contribution in [-0.2, 0) is 14.3 Å². The number of allylic oxidation sites excluding steroid dienone is 4. The van der Waals surface area contributed by atoms with Crippen molar-refractivity contribution in [2.75, 3.05) is 27.7 Å². The standard InChI is InChI=1S/C23H41NO4/c1-5-6-7-8-9-10-11-12-13-14-15-16-17-18-23(27)28-21(19-22(25)26)20-24(2,3)4/h7-8,10-11,21H,5-6,9,12-20H2,1-4H3/p+1/t21-/m1/s1. The van der Waals surface area contributed by atoms with Crippen molar-refractivity contribution in [3.63, 3.8) is 0 Å². The molecule has 0 aliphatic rings. The summed E-state index contributed by atoms with van der Waals surface area (Å²) in [6, 6.07) is 0. The van der Waals surface area contributed by atoms with Crippen LogP contribution in [0.3, 0.4) is 0 Å². The van der Waals surface area contributed by atoms with Crippen molar-refractivity contribution in [2.45, 2.75) is 83.7 Å². The number of ether oxygens (including phenoxy) is 1. The Bertz CT molecular complexity index is 477. The molecule has 0 spiro atoms. The molecule has 0 rings (SSSR count). The minimum atomic E-state index is -0.933. The minimum absolute atomic E-state index is 0.136. The van der Waals surface area contributed by atoms with Crippen molar-refractivity contribution in [3.05, 3.63) is 24.3 Å². The van der Waals surface area contributed by atoms with Crippen LogP contribution in [0.4, 0.5) is 0 Å². The first-order chi connectivity index (χ1) is 13.2. The van der Waals surface area contributed by atoms with Gasteiger partial charge in [-0.3, -0.25) is 9.59 Å². The lowest BCUT2D eigenvalue weighted by atomic mass is 10.1. The Balaban J connectivity index is 3.77. The number of aliphatic carboxylic acids is 1. The van der Waals surface area contributed by atoms with Crippen LogP contribution in [-0.4, -0.2) is 55.3 Å². The van der Waals surface area contributed by atoms with Gasteiger partial charge in [0, 0.05) is 6.42 Å². The molecule has 0 saturated carbocycles. The molecule has 0 bridgehead atoms. The largest absolute Gasteiger partial charge is 0.481 e. The van der Waals surface area contributed by atoms with Crippen molar-refractivity contribution in [1.82, 2.24) is 0 Å². The van der Waals surface area contributed by atoms with Gasteiger partial charge in [-0.2, -0.15) is 0 Å². The summed E-state index contributed by atoms with van der Waals surface area (Å²) < 4.78 is 5.96. The zero-order chi connectivity index (χ0) is 21.3. The van der Waals surface area contributed by atoms with E-state index in [4.69, 9.17) is 9.84 Å². The fourth-order valence-electron chi connectivity index (χ4n) is 2.93. The maximum atomic E-state index is 12.0. The van der Waals surface area contributed by atoms with E-state index in [1.54, 1.807) is 0 Å². The van der Waals surface area contributed by atoms with Crippen LogP contribution >= 0.6 is 0 Å². The maximum absolute atomic E-state index is 12.0. The number of hydrogen-bond acceptors (Lipinski definition) is 3. The quantitative estimate of drug-likeness (QED) is 0.161. The lowest BCUT2D eigenvalue weighted by Gasteiger charge is -2.28. The number of carbonyl (C=O) groups is 2. The van der Waals surface area contributed by atoms with Crippen LogP contribution in [0.15, 0.2) is 24.3 Å². The second-order valence-corrected chi connectivity index (χ2v) is 8.46. The number of carboxylic acids is 1. The number of nitrogens with zero attached hydrogens (tertiary/aromatic N) is 1. The smallest absolute Gasteiger partial charge is 0.307 e. The number of hydrogen-bond donors (Lipinski definition) is 1. The van der Waals surface area contributed by atoms with Gasteiger partial charge in [0.25, 0.3) is 0 Å². The average molecular weight is 397 g/mol. The summed E-state index contributed by atoms with van der Waals surface area (Å²) in [5, 5.41) is 8.99. The molecule has 0 heterocycles. The van der Waals surface area contributed by atoms with E-state index in [0.717, 1.165) is 38.5 Å². The Morgan fingerprint density at radius 2 is 1.54 bits per heavy atom. The van der Waals surface area contributed by atoms with Crippen molar-refractivity contribution >= 4 is 11.9 Å². The van der Waals surface area contributed by atoms with Gasteiger partial charge in [0.2, 0.25) is 0 Å². The Labute approximate surface area is 172 Å². The van der Waals surface area contributed by atoms with Crippen LogP contribution in [0, 0.1) is 0 Å². The van der Waals surface area contributed by atoms with Gasteiger partial charge in [-0.25, -0.2) is 0 Å². The SMILES string of the molecule is CCCC=CCC=CCCCCCCCC(=O)O[C@H](CC(=O)O)C[N+](C)(C)C. The molecule has 28 heavy (non-hydrogen) atoms. The zero-order valence-corrected chi connectivity index (χ0v) is 18.5. The number of rotatable bonds is 17. The summed E-state index contributed by atoms with van der Waals surface area (Å²) in [6.45, 7) is 2.69. The van der Waals surface area contributed by atoms with Crippen molar-refractivity contribution in [1.29, 1.82) is 0 Å². The van der Waals surface area contributed by atoms with Crippen LogP contribution in [0.25, 0.3) is 0 Å². The first-order valence-electron chi connectivity index (χ1n) is 10.8. The summed E-state index contributed by atoms with van der Waals surface area (Å²) in [5.41, 5.74) is 0. The molecule has 1 atom stereocenters. The van der Waals surface area contributed by atoms with Gasteiger partial charge in [0.05, 0.1) is 27.6 Å². The minimum Gasteiger partial charge on any atom is -0.481 e. The van der Waals surface area contributed by atoms with Crippen molar-refractivity contribution in [3.8, 4) is 0 Å². The molecule has 1 N–H and O–H groups in total. The summed E-state index contributed by atoms with van der Waals surface area (Å²) in [6.07, 6.45) is 18.4. The third kappa shape index (κ3) is 19.2. The third-order valence-corrected chi connectivity index (χ3v) is 4.26. The molecule has 5 heteroatoms. The van der Waals surface area contributed by atoms with Gasteiger partial charge in [0.15, 0.2) is 6.10 Å². The molecule has 0 unspecified atom stereocenters. The second kappa shape index (κ2) is 16.3. The number of likely N-dealkylation sites (N-methyl/N-ethyl adjacent to an activating group) is 1. The highest BCUT2D eigenvalue weighted by atomic mass is 16.5. The lowest BCUT2D eigenvalue weighted by Crippen LogP contribution is -2.43. The Morgan fingerprint density at radius 3 is 2.14 bits per heavy atom. The number of unbranched alkanes of at least 4 members (excludes halogenated alkanes) is 6. The molecule has 162 valence electrons. The maximum Gasteiger partial charge on any atom is 0.307 e. The summed E-state index contributed by atoms with van der Waals surface area (Å²) in [7, 11) is 5.88. The summed E-state index contributed by atoms with van der Waals surface area (Å²) >= 11 is 0. The molecule has 5 nitrogen and oxygen atoms in total. The van der Waals surface area contributed by atoms with Crippen molar-refractivity contribution in [2.24, 2.45) is 0 Å². The predicted octanol–water partition coefficient (Wildman–Crippen LogP) is 5.11. The number of carbonyl (C=O) groups excluding carboxylic acids is 1. The Morgan fingerprint density at radius 1 is 0.929 bits per heavy atom. The van der Waals surface area contributed by atoms with Crippen molar-refractivity contribution < 1.29 is 23.9 Å². The topological polar surface area (TPSA) is 63.6 Å². The molecule has 0 radical (unpaired) electrons. The Kier molecular flexibility index (Phi) is 15.4.